The van der Waals surface area contributed by atoms with E-state index in [4.69, 9.17) is 4.98 Å². The van der Waals surface area contributed by atoms with E-state index in [0.717, 1.165) is 43.5 Å². The van der Waals surface area contributed by atoms with Crippen LogP contribution in [0.25, 0.3) is 22.0 Å². The lowest BCUT2D eigenvalue weighted by atomic mass is 9.84. The number of pyridine rings is 1. The number of rotatable bonds is 7. The molecule has 46 heavy (non-hydrogen) atoms. The summed E-state index contributed by atoms with van der Waals surface area (Å²) in [5.41, 5.74) is 1.34. The average molecular weight is 640 g/mol. The first kappa shape index (κ1) is 31.9. The van der Waals surface area contributed by atoms with Crippen LogP contribution in [-0.2, 0) is 18.9 Å². The van der Waals surface area contributed by atoms with Crippen LogP contribution in [0.1, 0.15) is 78.4 Å². The largest absolute Gasteiger partial charge is 0.416 e. The van der Waals surface area contributed by atoms with E-state index in [1.807, 2.05) is 4.90 Å². The maximum atomic E-state index is 14.3. The highest BCUT2D eigenvalue weighted by Crippen LogP contribution is 2.36. The fourth-order valence-electron chi connectivity index (χ4n) is 6.84. The van der Waals surface area contributed by atoms with Gasteiger partial charge in [0.25, 0.3) is 5.91 Å². The first-order chi connectivity index (χ1) is 22.0. The maximum absolute atomic E-state index is 14.3. The Labute approximate surface area is 263 Å². The predicted molar refractivity (Wildman–Crippen MR) is 166 cm³/mol. The van der Waals surface area contributed by atoms with E-state index >= 15 is 0 Å². The monoisotopic (exact) mass is 639 g/mol. The van der Waals surface area contributed by atoms with Crippen LogP contribution in [0.2, 0.25) is 0 Å². The second kappa shape index (κ2) is 13.0. The van der Waals surface area contributed by atoms with Gasteiger partial charge >= 0.3 is 12.4 Å². The summed E-state index contributed by atoms with van der Waals surface area (Å²) in [4.78, 5) is 21.0. The Kier molecular flexibility index (Phi) is 8.99. The number of nitrogens with one attached hydrogen (secondary N) is 1. The minimum atomic E-state index is -4.45. The molecule has 4 nitrogen and oxygen atoms in total. The van der Waals surface area contributed by atoms with Crippen molar-refractivity contribution >= 4 is 22.6 Å². The van der Waals surface area contributed by atoms with Gasteiger partial charge in [-0.3, -0.25) is 4.79 Å². The van der Waals surface area contributed by atoms with Crippen LogP contribution >= 0.6 is 0 Å². The zero-order valence-corrected chi connectivity index (χ0v) is 25.2. The van der Waals surface area contributed by atoms with E-state index in [2.05, 4.69) is 5.32 Å². The third kappa shape index (κ3) is 7.16. The Hall–Kier alpha value is -4.08. The lowest BCUT2D eigenvalue weighted by Crippen LogP contribution is -2.37. The summed E-state index contributed by atoms with van der Waals surface area (Å²) in [7, 11) is 0. The van der Waals surface area contributed by atoms with Crippen molar-refractivity contribution in [1.29, 1.82) is 0 Å². The quantitative estimate of drug-likeness (QED) is 0.205. The maximum Gasteiger partial charge on any atom is 0.416 e. The number of benzene rings is 3. The molecular weight excluding hydrogens is 604 g/mol. The van der Waals surface area contributed by atoms with Crippen LogP contribution in [0.4, 0.5) is 32.2 Å². The Morgan fingerprint density at radius 1 is 0.761 bits per heavy atom. The minimum Gasteiger partial charge on any atom is -0.366 e. The van der Waals surface area contributed by atoms with Gasteiger partial charge in [0, 0.05) is 24.5 Å². The average Bonchev–Trinajstić information content (AvgIpc) is 3.50. The van der Waals surface area contributed by atoms with Gasteiger partial charge in [0.2, 0.25) is 0 Å². The summed E-state index contributed by atoms with van der Waals surface area (Å²) < 4.78 is 78.6. The number of nitrogens with zero attached hydrogens (tertiary/aromatic N) is 2. The molecule has 2 heterocycles. The summed E-state index contributed by atoms with van der Waals surface area (Å²) in [5, 5.41) is 3.76. The number of likely N-dealkylation sites (tertiary alicyclic amines) is 1. The molecule has 0 unspecified atom stereocenters. The van der Waals surface area contributed by atoms with Crippen molar-refractivity contribution in [2.75, 3.05) is 11.9 Å². The van der Waals surface area contributed by atoms with E-state index in [9.17, 15) is 31.1 Å². The Morgan fingerprint density at radius 2 is 1.39 bits per heavy atom. The number of alkyl halides is 6. The fraction of sp³-hybridized carbons (Fsp3) is 0.389. The van der Waals surface area contributed by atoms with Gasteiger partial charge < -0.3 is 10.2 Å². The van der Waals surface area contributed by atoms with E-state index in [0.29, 0.717) is 51.4 Å². The molecule has 4 aromatic rings. The summed E-state index contributed by atoms with van der Waals surface area (Å²) >= 11 is 0. The zero-order chi connectivity index (χ0) is 32.5. The van der Waals surface area contributed by atoms with E-state index in [-0.39, 0.29) is 18.5 Å². The van der Waals surface area contributed by atoms with Gasteiger partial charge in [-0.25, -0.2) is 4.98 Å². The number of fused-ring (bicyclic) bond motifs is 1. The molecule has 242 valence electrons. The van der Waals surface area contributed by atoms with Crippen LogP contribution < -0.4 is 5.32 Å². The van der Waals surface area contributed by atoms with Gasteiger partial charge in [-0.1, -0.05) is 62.4 Å². The molecule has 3 aromatic carbocycles. The number of hydrogen-bond donors (Lipinski definition) is 1. The fourth-order valence-corrected chi connectivity index (χ4v) is 6.84. The van der Waals surface area contributed by atoms with Crippen molar-refractivity contribution in [3.05, 3.63) is 95.1 Å². The Bertz CT molecular complexity index is 1680. The number of amides is 1. The summed E-state index contributed by atoms with van der Waals surface area (Å²) in [5.74, 6) is 0.891. The van der Waals surface area contributed by atoms with Crippen LogP contribution in [0.15, 0.2) is 72.8 Å². The molecule has 2 fully saturated rings. The Morgan fingerprint density at radius 3 is 2.04 bits per heavy atom. The van der Waals surface area contributed by atoms with E-state index < -0.39 is 23.5 Å². The summed E-state index contributed by atoms with van der Waals surface area (Å²) in [6.45, 7) is 0.842. The molecule has 0 radical (unpaired) electrons. The molecular formula is C36H35F6N3O. The molecule has 1 N–H and O–H groups in total. The molecule has 0 bridgehead atoms. The molecule has 2 aliphatic rings. The number of halogens is 6. The molecule has 1 amide bonds. The van der Waals surface area contributed by atoms with Crippen molar-refractivity contribution in [3.63, 3.8) is 0 Å². The SMILES string of the molecule is O=C(c1cc(NCc2ccc(C(F)(F)F)cc2)nc2ccc(-c3ccc(C(F)(F)F)cc3)cc12)N1CCC[C@H]1CC1CCCCC1. The van der Waals surface area contributed by atoms with Gasteiger partial charge in [-0.15, -0.1) is 0 Å². The van der Waals surface area contributed by atoms with E-state index in [1.165, 1.54) is 56.4 Å². The summed E-state index contributed by atoms with van der Waals surface area (Å²) in [6, 6.07) is 16.9. The van der Waals surface area contributed by atoms with Gasteiger partial charge in [0.15, 0.2) is 0 Å². The normalized spacial score (nSPS) is 17.9. The molecule has 0 spiro atoms. The van der Waals surface area contributed by atoms with Crippen LogP contribution in [-0.4, -0.2) is 28.4 Å². The van der Waals surface area contributed by atoms with Crippen molar-refractivity contribution < 1.29 is 31.1 Å². The first-order valence-electron chi connectivity index (χ1n) is 15.8. The van der Waals surface area contributed by atoms with Crippen LogP contribution in [0.5, 0.6) is 0 Å². The number of anilines is 1. The second-order valence-electron chi connectivity index (χ2n) is 12.4. The molecule has 6 rings (SSSR count). The lowest BCUT2D eigenvalue weighted by Gasteiger charge is -2.30. The van der Waals surface area contributed by atoms with Crippen molar-refractivity contribution in [1.82, 2.24) is 9.88 Å². The highest BCUT2D eigenvalue weighted by Gasteiger charge is 2.33. The highest BCUT2D eigenvalue weighted by atomic mass is 19.4. The molecule has 1 aliphatic heterocycles. The van der Waals surface area contributed by atoms with Crippen LogP contribution in [0, 0.1) is 5.92 Å². The van der Waals surface area contributed by atoms with E-state index in [1.54, 1.807) is 24.3 Å². The van der Waals surface area contributed by atoms with Crippen molar-refractivity contribution in [3.8, 4) is 11.1 Å². The first-order valence-corrected chi connectivity index (χ1v) is 15.8. The predicted octanol–water partition coefficient (Wildman–Crippen LogP) is 10.1. The minimum absolute atomic E-state index is 0.118. The lowest BCUT2D eigenvalue weighted by molar-refractivity contribution is -0.138. The molecule has 1 atom stereocenters. The number of carbonyl (C=O) groups excluding carboxylic acids is 1. The number of aromatic nitrogens is 1. The topological polar surface area (TPSA) is 45.2 Å². The molecule has 1 aliphatic carbocycles. The summed E-state index contributed by atoms with van der Waals surface area (Å²) in [6.07, 6.45) is 0.0479. The molecule has 1 saturated heterocycles. The second-order valence-corrected chi connectivity index (χ2v) is 12.4. The van der Waals surface area contributed by atoms with Crippen LogP contribution in [0.3, 0.4) is 0 Å². The standard InChI is InChI=1S/C36H35F6N3O/c37-35(38,39)27-13-8-24(9-14-27)22-43-33-21-31(34(46)45-18-4-7-29(45)19-23-5-2-1-3-6-23)30-20-26(12-17-32(30)44-33)25-10-15-28(16-11-25)36(40,41)42/h8-17,20-21,23,29H,1-7,18-19,22H2,(H,43,44)/t29-/m0/s1. The third-order valence-electron chi connectivity index (χ3n) is 9.31. The van der Waals surface area contributed by atoms with Gasteiger partial charge in [-0.2, -0.15) is 26.3 Å². The zero-order valence-electron chi connectivity index (χ0n) is 25.2. The van der Waals surface area contributed by atoms with Gasteiger partial charge in [0.1, 0.15) is 5.82 Å². The van der Waals surface area contributed by atoms with Gasteiger partial charge in [0.05, 0.1) is 22.2 Å². The van der Waals surface area contributed by atoms with Gasteiger partial charge in [-0.05, 0) is 84.3 Å². The smallest absolute Gasteiger partial charge is 0.366 e. The molecule has 10 heteroatoms. The molecule has 1 saturated carbocycles. The third-order valence-corrected chi connectivity index (χ3v) is 9.31. The Balaban J connectivity index is 1.32. The van der Waals surface area contributed by atoms with Crippen molar-refractivity contribution in [2.45, 2.75) is 76.3 Å². The highest BCUT2D eigenvalue weighted by molar-refractivity contribution is 6.08. The molecule has 1 aromatic heterocycles. The van der Waals surface area contributed by atoms with Crippen molar-refractivity contribution in [2.24, 2.45) is 5.92 Å². The number of hydrogen-bond acceptors (Lipinski definition) is 3. The number of carbonyl (C=O) groups is 1.